The number of hydrogen-bond donors (Lipinski definition) is 9. The highest BCUT2D eigenvalue weighted by Gasteiger charge is 2.25. The smallest absolute Gasteiger partial charge is 0.325 e. The van der Waals surface area contributed by atoms with Crippen molar-refractivity contribution in [2.24, 2.45) is 5.73 Å². The second kappa shape index (κ2) is 16.5. The Balaban J connectivity index is 2.42. The Kier molecular flexibility index (Phi) is 13.8. The van der Waals surface area contributed by atoms with Gasteiger partial charge in [0.1, 0.15) is 12.1 Å². The topological polar surface area (TPSA) is 267 Å². The van der Waals surface area contributed by atoms with Gasteiger partial charge >= 0.3 is 5.97 Å². The molecule has 1 rings (SSSR count). The van der Waals surface area contributed by atoms with Crippen molar-refractivity contribution in [3.8, 4) is 0 Å². The number of amides is 7. The Hall–Kier alpha value is -4.28. The van der Waals surface area contributed by atoms with Gasteiger partial charge in [-0.3, -0.25) is 38.4 Å². The Morgan fingerprint density at radius 2 is 1.39 bits per heavy atom. The molecule has 1 aliphatic heterocycles. The van der Waals surface area contributed by atoms with Crippen molar-refractivity contribution in [2.45, 2.75) is 50.7 Å². The molecule has 3 unspecified atom stereocenters. The first kappa shape index (κ1) is 31.7. The van der Waals surface area contributed by atoms with Crippen molar-refractivity contribution in [1.29, 1.82) is 0 Å². The molecule has 0 aromatic heterocycles. The normalized spacial score (nSPS) is 15.8. The lowest BCUT2D eigenvalue weighted by Gasteiger charge is -2.18. The number of carbonyl (C=O) groups is 8. The molecule has 0 bridgehead atoms. The summed E-state index contributed by atoms with van der Waals surface area (Å²) < 4.78 is 0. The average molecular weight is 543 g/mol. The number of aliphatic carboxylic acids is 1. The van der Waals surface area contributed by atoms with Crippen LogP contribution in [0.25, 0.3) is 0 Å². The highest BCUT2D eigenvalue weighted by Crippen LogP contribution is 2.04. The van der Waals surface area contributed by atoms with Crippen molar-refractivity contribution < 1.29 is 43.5 Å². The van der Waals surface area contributed by atoms with E-state index < -0.39 is 85.7 Å². The Morgan fingerprint density at radius 3 is 1.95 bits per heavy atom. The van der Waals surface area contributed by atoms with Gasteiger partial charge in [0.2, 0.25) is 41.4 Å². The lowest BCUT2D eigenvalue weighted by Crippen LogP contribution is -2.52. The van der Waals surface area contributed by atoms with Crippen LogP contribution in [0, 0.1) is 0 Å². The van der Waals surface area contributed by atoms with Gasteiger partial charge in [0.25, 0.3) is 0 Å². The van der Waals surface area contributed by atoms with Crippen LogP contribution in [0.2, 0.25) is 0 Å². The highest BCUT2D eigenvalue weighted by atomic mass is 16.4. The zero-order chi connectivity index (χ0) is 28.7. The molecule has 0 aliphatic carbocycles. The minimum atomic E-state index is -1.25. The molecule has 1 heterocycles. The van der Waals surface area contributed by atoms with Crippen molar-refractivity contribution in [3.63, 3.8) is 0 Å². The maximum atomic E-state index is 12.5. The molecule has 3 atom stereocenters. The predicted molar refractivity (Wildman–Crippen MR) is 129 cm³/mol. The zero-order valence-electron chi connectivity index (χ0n) is 20.9. The summed E-state index contributed by atoms with van der Waals surface area (Å²) in [4.78, 5) is 93.8. The summed E-state index contributed by atoms with van der Waals surface area (Å²) in [7, 11) is 0. The number of carboxylic acids is 1. The number of primary amides is 1. The van der Waals surface area contributed by atoms with Gasteiger partial charge in [-0.25, -0.2) is 0 Å². The van der Waals surface area contributed by atoms with E-state index in [0.29, 0.717) is 13.0 Å². The largest absolute Gasteiger partial charge is 0.480 e. The third-order valence-corrected chi connectivity index (χ3v) is 5.19. The van der Waals surface area contributed by atoms with Crippen molar-refractivity contribution in [3.05, 3.63) is 0 Å². The fourth-order valence-electron chi connectivity index (χ4n) is 3.13. The molecule has 0 spiro atoms. The van der Waals surface area contributed by atoms with Gasteiger partial charge in [0.05, 0.1) is 32.2 Å². The Labute approximate surface area is 217 Å². The molecule has 0 aromatic carbocycles. The summed E-state index contributed by atoms with van der Waals surface area (Å²) in [6.07, 6.45) is 1.09. The first-order valence-corrected chi connectivity index (χ1v) is 11.8. The van der Waals surface area contributed by atoms with E-state index in [1.165, 1.54) is 6.92 Å². The van der Waals surface area contributed by atoms with Crippen LogP contribution < -0.4 is 43.0 Å². The minimum Gasteiger partial charge on any atom is -0.480 e. The number of nitrogens with two attached hydrogens (primary N) is 1. The standard InChI is InChI=1S/C21H34N8O9/c1-11(21(37)38)28-17(33)9-25-15(31)7-24-16(32)8-26-20(36)13(4-5-14(22)30)29-18(34)10-27-19(35)12-3-2-6-23-12/h11-13,23H,2-10H2,1H3,(H2,22,30)(H,24,32)(H,25,31)(H,26,36)(H,27,35)(H,28,33)(H,29,34)(H,37,38). The molecule has 17 nitrogen and oxygen atoms in total. The minimum absolute atomic E-state index is 0.155. The van der Waals surface area contributed by atoms with Crippen LogP contribution in [0.15, 0.2) is 0 Å². The summed E-state index contributed by atoms with van der Waals surface area (Å²) in [5.41, 5.74) is 5.11. The fourth-order valence-corrected chi connectivity index (χ4v) is 3.13. The Bertz CT molecular complexity index is 920. The van der Waals surface area contributed by atoms with Gasteiger partial charge in [0.15, 0.2) is 0 Å². The van der Waals surface area contributed by atoms with E-state index in [-0.39, 0.29) is 18.7 Å². The summed E-state index contributed by atoms with van der Waals surface area (Å²) in [6.45, 7) is -0.0814. The molecule has 1 saturated heterocycles. The summed E-state index contributed by atoms with van der Waals surface area (Å²) in [5.74, 6) is -6.07. The zero-order valence-corrected chi connectivity index (χ0v) is 20.9. The van der Waals surface area contributed by atoms with Crippen LogP contribution in [-0.2, 0) is 38.4 Å². The SMILES string of the molecule is CC(NC(=O)CNC(=O)CNC(=O)CNC(=O)C(CCC(N)=O)NC(=O)CNC(=O)C1CCCN1)C(=O)O. The number of nitrogens with one attached hydrogen (secondary N) is 7. The maximum absolute atomic E-state index is 12.5. The molecule has 1 aliphatic rings. The molecule has 17 heteroatoms. The molecule has 10 N–H and O–H groups in total. The molecule has 38 heavy (non-hydrogen) atoms. The van der Waals surface area contributed by atoms with Gasteiger partial charge in [-0.15, -0.1) is 0 Å². The third kappa shape index (κ3) is 13.1. The van der Waals surface area contributed by atoms with Crippen LogP contribution >= 0.6 is 0 Å². The first-order valence-electron chi connectivity index (χ1n) is 11.8. The second-order valence-electron chi connectivity index (χ2n) is 8.39. The van der Waals surface area contributed by atoms with Gasteiger partial charge in [0, 0.05) is 6.42 Å². The lowest BCUT2D eigenvalue weighted by molar-refractivity contribution is -0.141. The lowest BCUT2D eigenvalue weighted by atomic mass is 10.1. The predicted octanol–water partition coefficient (Wildman–Crippen LogP) is -5.46. The molecule has 1 fully saturated rings. The highest BCUT2D eigenvalue weighted by molar-refractivity contribution is 5.94. The van der Waals surface area contributed by atoms with E-state index in [9.17, 15) is 38.4 Å². The summed E-state index contributed by atoms with van der Waals surface area (Å²) in [6, 6.07) is -2.76. The summed E-state index contributed by atoms with van der Waals surface area (Å²) in [5, 5.41) is 25.3. The van der Waals surface area contributed by atoms with Crippen LogP contribution in [0.1, 0.15) is 32.6 Å². The third-order valence-electron chi connectivity index (χ3n) is 5.19. The monoisotopic (exact) mass is 542 g/mol. The van der Waals surface area contributed by atoms with Gasteiger partial charge in [-0.05, 0) is 32.7 Å². The molecule has 0 radical (unpaired) electrons. The van der Waals surface area contributed by atoms with Crippen LogP contribution in [0.3, 0.4) is 0 Å². The Morgan fingerprint density at radius 1 is 0.842 bits per heavy atom. The van der Waals surface area contributed by atoms with Crippen LogP contribution in [0.5, 0.6) is 0 Å². The molecule has 7 amide bonds. The average Bonchev–Trinajstić information content (AvgIpc) is 3.40. The molecule has 0 aromatic rings. The first-order chi connectivity index (χ1) is 17.9. The number of carboxylic acid groups (broad SMARTS) is 1. The van der Waals surface area contributed by atoms with E-state index in [4.69, 9.17) is 10.8 Å². The van der Waals surface area contributed by atoms with Crippen LogP contribution in [-0.4, -0.2) is 103 Å². The molecular weight excluding hydrogens is 508 g/mol. The van der Waals surface area contributed by atoms with Crippen molar-refractivity contribution in [2.75, 3.05) is 32.7 Å². The maximum Gasteiger partial charge on any atom is 0.325 e. The van der Waals surface area contributed by atoms with E-state index >= 15 is 0 Å². The number of rotatable bonds is 16. The fraction of sp³-hybridized carbons (Fsp3) is 0.619. The van der Waals surface area contributed by atoms with Crippen molar-refractivity contribution in [1.82, 2.24) is 37.2 Å². The van der Waals surface area contributed by atoms with E-state index in [0.717, 1.165) is 6.42 Å². The number of hydrogen-bond acceptors (Lipinski definition) is 9. The second-order valence-corrected chi connectivity index (χ2v) is 8.39. The van der Waals surface area contributed by atoms with Crippen molar-refractivity contribution >= 4 is 47.3 Å². The van der Waals surface area contributed by atoms with Crippen LogP contribution in [0.4, 0.5) is 0 Å². The molecular formula is C21H34N8O9. The van der Waals surface area contributed by atoms with Gasteiger partial charge in [-0.2, -0.15) is 0 Å². The molecule has 0 saturated carbocycles. The number of carbonyl (C=O) groups excluding carboxylic acids is 7. The van der Waals surface area contributed by atoms with Gasteiger partial charge in [-0.1, -0.05) is 0 Å². The van der Waals surface area contributed by atoms with E-state index in [2.05, 4.69) is 37.2 Å². The quantitative estimate of drug-likeness (QED) is 0.0893. The van der Waals surface area contributed by atoms with E-state index in [1.54, 1.807) is 0 Å². The van der Waals surface area contributed by atoms with Gasteiger partial charge < -0.3 is 48.1 Å². The van der Waals surface area contributed by atoms with E-state index in [1.807, 2.05) is 0 Å². The summed E-state index contributed by atoms with van der Waals surface area (Å²) >= 11 is 0. The molecule has 212 valence electrons.